The molecular weight excluding hydrogens is 294 g/mol. The lowest BCUT2D eigenvalue weighted by atomic mass is 9.59. The fourth-order valence-electron chi connectivity index (χ4n) is 4.73. The number of hydrogen-bond acceptors (Lipinski definition) is 2. The zero-order chi connectivity index (χ0) is 16.6. The van der Waals surface area contributed by atoms with Gasteiger partial charge in [0.1, 0.15) is 5.60 Å². The van der Waals surface area contributed by atoms with Gasteiger partial charge >= 0.3 is 0 Å². The maximum Gasteiger partial charge on any atom is 0.134 e. The van der Waals surface area contributed by atoms with Gasteiger partial charge in [0.2, 0.25) is 0 Å². The second kappa shape index (κ2) is 6.09. The molecule has 4 unspecified atom stereocenters. The molecule has 2 bridgehead atoms. The Hall–Kier alpha value is -2.08. The largest absolute Gasteiger partial charge is 0.377 e. The number of fused-ring (bicyclic) bond motifs is 2. The summed E-state index contributed by atoms with van der Waals surface area (Å²) in [6.45, 7) is 0. The molecule has 2 heteroatoms. The van der Waals surface area contributed by atoms with Gasteiger partial charge in [0.15, 0.2) is 0 Å². The second-order valence-electron chi connectivity index (χ2n) is 7.06. The Balaban J connectivity index is 1.81. The van der Waals surface area contributed by atoms with Crippen molar-refractivity contribution in [3.05, 3.63) is 71.8 Å². The highest BCUT2D eigenvalue weighted by Crippen LogP contribution is 2.53. The Kier molecular flexibility index (Phi) is 3.92. The van der Waals surface area contributed by atoms with Gasteiger partial charge in [0, 0.05) is 23.9 Å². The predicted molar refractivity (Wildman–Crippen MR) is 96.1 cm³/mol. The summed E-state index contributed by atoms with van der Waals surface area (Å²) < 4.78 is 0. The lowest BCUT2D eigenvalue weighted by Gasteiger charge is -2.54. The van der Waals surface area contributed by atoms with E-state index >= 15 is 0 Å². The molecule has 2 aromatic rings. The van der Waals surface area contributed by atoms with Gasteiger partial charge < -0.3 is 10.4 Å². The standard InChI is InChI=1S/C22H23NO/c1-2-22(24)18-14-9-15-19(22)21(17-12-7-4-8-13-17)23-20(18)16-10-5-3-6-11-16/h1,3-8,10-13,18-21,23-24H,9,14-15H2. The maximum atomic E-state index is 11.4. The normalized spacial score (nSPS) is 35.2. The summed E-state index contributed by atoms with van der Waals surface area (Å²) in [6, 6.07) is 20.9. The van der Waals surface area contributed by atoms with E-state index in [-0.39, 0.29) is 23.9 Å². The van der Waals surface area contributed by atoms with Gasteiger partial charge in [0.25, 0.3) is 0 Å². The summed E-state index contributed by atoms with van der Waals surface area (Å²) in [5, 5.41) is 15.3. The summed E-state index contributed by atoms with van der Waals surface area (Å²) in [5.74, 6) is 2.92. The highest BCUT2D eigenvalue weighted by atomic mass is 16.3. The van der Waals surface area contributed by atoms with E-state index in [4.69, 9.17) is 6.42 Å². The van der Waals surface area contributed by atoms with E-state index in [0.29, 0.717) is 0 Å². The highest BCUT2D eigenvalue weighted by Gasteiger charge is 2.55. The molecule has 1 saturated carbocycles. The Morgan fingerprint density at radius 3 is 1.75 bits per heavy atom. The average molecular weight is 317 g/mol. The number of nitrogens with one attached hydrogen (secondary N) is 1. The lowest BCUT2D eigenvalue weighted by Crippen LogP contribution is -2.60. The van der Waals surface area contributed by atoms with Crippen molar-refractivity contribution in [2.24, 2.45) is 11.8 Å². The number of piperidine rings is 1. The SMILES string of the molecule is C#CC1(O)C2CCCC1C(c1ccccc1)NC2c1ccccc1. The Bertz CT molecular complexity index is 680. The first-order valence-electron chi connectivity index (χ1n) is 8.80. The van der Waals surface area contributed by atoms with E-state index in [1.165, 1.54) is 11.1 Å². The minimum Gasteiger partial charge on any atom is -0.377 e. The molecule has 1 aliphatic heterocycles. The van der Waals surface area contributed by atoms with Crippen molar-refractivity contribution in [1.29, 1.82) is 0 Å². The van der Waals surface area contributed by atoms with Gasteiger partial charge in [-0.25, -0.2) is 0 Å². The quantitative estimate of drug-likeness (QED) is 0.825. The molecular formula is C22H23NO. The summed E-state index contributed by atoms with van der Waals surface area (Å²) in [4.78, 5) is 0. The van der Waals surface area contributed by atoms with Crippen LogP contribution in [0.25, 0.3) is 0 Å². The van der Waals surface area contributed by atoms with Gasteiger partial charge in [-0.05, 0) is 24.0 Å². The van der Waals surface area contributed by atoms with Crippen LogP contribution in [0.1, 0.15) is 42.5 Å². The Morgan fingerprint density at radius 2 is 1.33 bits per heavy atom. The molecule has 2 fully saturated rings. The van der Waals surface area contributed by atoms with Crippen LogP contribution in [0.5, 0.6) is 0 Å². The van der Waals surface area contributed by atoms with Crippen LogP contribution in [0, 0.1) is 24.2 Å². The van der Waals surface area contributed by atoms with Crippen molar-refractivity contribution < 1.29 is 5.11 Å². The van der Waals surface area contributed by atoms with Crippen molar-refractivity contribution in [3.8, 4) is 12.3 Å². The van der Waals surface area contributed by atoms with Crippen molar-refractivity contribution in [1.82, 2.24) is 5.32 Å². The molecule has 1 saturated heterocycles. The van der Waals surface area contributed by atoms with Crippen LogP contribution in [0.15, 0.2) is 60.7 Å². The van der Waals surface area contributed by atoms with Crippen molar-refractivity contribution in [2.45, 2.75) is 36.9 Å². The van der Waals surface area contributed by atoms with Crippen LogP contribution < -0.4 is 5.32 Å². The van der Waals surface area contributed by atoms with E-state index in [0.717, 1.165) is 19.3 Å². The summed E-state index contributed by atoms with van der Waals surface area (Å²) >= 11 is 0. The lowest BCUT2D eigenvalue weighted by molar-refractivity contribution is -0.104. The number of aliphatic hydroxyl groups is 1. The Morgan fingerprint density at radius 1 is 0.875 bits per heavy atom. The summed E-state index contributed by atoms with van der Waals surface area (Å²) in [6.07, 6.45) is 8.93. The van der Waals surface area contributed by atoms with Crippen LogP contribution >= 0.6 is 0 Å². The van der Waals surface area contributed by atoms with Crippen LogP contribution in [0.3, 0.4) is 0 Å². The van der Waals surface area contributed by atoms with Gasteiger partial charge in [-0.1, -0.05) is 73.0 Å². The third kappa shape index (κ3) is 2.36. The zero-order valence-corrected chi connectivity index (χ0v) is 13.7. The van der Waals surface area contributed by atoms with E-state index in [1.54, 1.807) is 0 Å². The first-order valence-corrected chi connectivity index (χ1v) is 8.80. The highest BCUT2D eigenvalue weighted by molar-refractivity contribution is 5.32. The molecule has 1 heterocycles. The third-order valence-corrected chi connectivity index (χ3v) is 5.87. The predicted octanol–water partition coefficient (Wildman–Crippen LogP) is 3.85. The van der Waals surface area contributed by atoms with Crippen LogP contribution in [0.4, 0.5) is 0 Å². The van der Waals surface area contributed by atoms with E-state index < -0.39 is 5.60 Å². The molecule has 0 spiro atoms. The van der Waals surface area contributed by atoms with E-state index in [1.807, 2.05) is 12.1 Å². The number of hydrogen-bond donors (Lipinski definition) is 2. The summed E-state index contributed by atoms with van der Waals surface area (Å²) in [5.41, 5.74) is 1.36. The number of rotatable bonds is 2. The van der Waals surface area contributed by atoms with Gasteiger partial charge in [-0.15, -0.1) is 6.42 Å². The van der Waals surface area contributed by atoms with Crippen molar-refractivity contribution in [2.75, 3.05) is 0 Å². The van der Waals surface area contributed by atoms with Crippen molar-refractivity contribution >= 4 is 0 Å². The molecule has 4 rings (SSSR count). The van der Waals surface area contributed by atoms with Crippen LogP contribution in [-0.2, 0) is 0 Å². The van der Waals surface area contributed by atoms with Gasteiger partial charge in [0.05, 0.1) is 0 Å². The monoisotopic (exact) mass is 317 g/mol. The fraction of sp³-hybridized carbons (Fsp3) is 0.364. The molecule has 2 aliphatic rings. The molecule has 1 aliphatic carbocycles. The van der Waals surface area contributed by atoms with E-state index in [9.17, 15) is 5.11 Å². The minimum atomic E-state index is -1.05. The smallest absolute Gasteiger partial charge is 0.134 e. The number of benzene rings is 2. The average Bonchev–Trinajstić information content (AvgIpc) is 2.63. The third-order valence-electron chi connectivity index (χ3n) is 5.87. The fourth-order valence-corrected chi connectivity index (χ4v) is 4.73. The summed E-state index contributed by atoms with van der Waals surface area (Å²) in [7, 11) is 0. The minimum absolute atomic E-state index is 0.0589. The molecule has 24 heavy (non-hydrogen) atoms. The molecule has 2 aromatic carbocycles. The topological polar surface area (TPSA) is 32.3 Å². The van der Waals surface area contributed by atoms with Gasteiger partial charge in [-0.2, -0.15) is 0 Å². The van der Waals surface area contributed by atoms with Crippen LogP contribution in [0.2, 0.25) is 0 Å². The van der Waals surface area contributed by atoms with Crippen LogP contribution in [-0.4, -0.2) is 10.7 Å². The first kappa shape index (κ1) is 15.4. The molecule has 0 radical (unpaired) electrons. The maximum absolute atomic E-state index is 11.4. The number of terminal acetylenes is 1. The first-order chi connectivity index (χ1) is 11.7. The molecule has 4 atom stereocenters. The second-order valence-corrected chi connectivity index (χ2v) is 7.06. The molecule has 122 valence electrons. The Labute approximate surface area is 143 Å². The molecule has 2 nitrogen and oxygen atoms in total. The van der Waals surface area contributed by atoms with Crippen molar-refractivity contribution in [3.63, 3.8) is 0 Å². The van der Waals surface area contributed by atoms with E-state index in [2.05, 4.69) is 59.8 Å². The molecule has 0 amide bonds. The molecule has 0 aromatic heterocycles. The molecule has 2 N–H and O–H groups in total. The van der Waals surface area contributed by atoms with Gasteiger partial charge in [-0.3, -0.25) is 0 Å². The zero-order valence-electron chi connectivity index (χ0n) is 13.7.